The Labute approximate surface area is 126 Å². The zero-order valence-corrected chi connectivity index (χ0v) is 13.0. The molecule has 0 N–H and O–H groups in total. The molecule has 2 aliphatic rings. The first-order valence-corrected chi connectivity index (χ1v) is 7.98. The third-order valence-electron chi connectivity index (χ3n) is 4.59. The van der Waals surface area contributed by atoms with Gasteiger partial charge in [-0.1, -0.05) is 6.92 Å². The monoisotopic (exact) mass is 288 g/mol. The molecule has 3 rings (SSSR count). The molecule has 5 heteroatoms. The number of amides is 1. The average Bonchev–Trinajstić information content (AvgIpc) is 2.53. The first kappa shape index (κ1) is 14.4. The third kappa shape index (κ3) is 3.07. The van der Waals surface area contributed by atoms with Crippen molar-refractivity contribution < 1.29 is 4.79 Å². The van der Waals surface area contributed by atoms with E-state index >= 15 is 0 Å². The number of likely N-dealkylation sites (tertiary alicyclic amines) is 1. The molecule has 0 saturated carbocycles. The minimum atomic E-state index is 0.249. The van der Waals surface area contributed by atoms with E-state index in [1.807, 2.05) is 18.0 Å². The molecule has 21 heavy (non-hydrogen) atoms. The molecular formula is C16H24N4O. The van der Waals surface area contributed by atoms with E-state index in [2.05, 4.69) is 16.9 Å². The number of fused-ring (bicyclic) bond motifs is 1. The maximum absolute atomic E-state index is 11.9. The van der Waals surface area contributed by atoms with Crippen LogP contribution >= 0.6 is 0 Å². The summed E-state index contributed by atoms with van der Waals surface area (Å²) in [6.07, 6.45) is 5.73. The highest BCUT2D eigenvalue weighted by Gasteiger charge is 2.26. The molecule has 1 atom stereocenters. The molecule has 1 aromatic heterocycles. The van der Waals surface area contributed by atoms with Crippen molar-refractivity contribution in [2.75, 3.05) is 26.7 Å². The lowest BCUT2D eigenvalue weighted by Gasteiger charge is -2.32. The smallest absolute Gasteiger partial charge is 0.222 e. The number of rotatable bonds is 2. The number of piperidine rings is 1. The molecule has 1 fully saturated rings. The second-order valence-corrected chi connectivity index (χ2v) is 6.22. The molecule has 1 aromatic rings. The first-order chi connectivity index (χ1) is 10.2. The molecule has 0 radical (unpaired) electrons. The van der Waals surface area contributed by atoms with Gasteiger partial charge in [-0.25, -0.2) is 9.97 Å². The summed E-state index contributed by atoms with van der Waals surface area (Å²) in [5.74, 6) is 1.49. The van der Waals surface area contributed by atoms with Gasteiger partial charge in [0.1, 0.15) is 5.82 Å². The fourth-order valence-electron chi connectivity index (χ4n) is 3.31. The molecular weight excluding hydrogens is 264 g/mol. The van der Waals surface area contributed by atoms with Crippen LogP contribution in [0.4, 0.5) is 0 Å². The van der Waals surface area contributed by atoms with Crippen LogP contribution in [0.2, 0.25) is 0 Å². The molecule has 0 aliphatic carbocycles. The van der Waals surface area contributed by atoms with Gasteiger partial charge in [0.05, 0.1) is 0 Å². The second kappa shape index (κ2) is 6.10. The van der Waals surface area contributed by atoms with Crippen LogP contribution in [0.25, 0.3) is 0 Å². The summed E-state index contributed by atoms with van der Waals surface area (Å²) in [5, 5.41) is 0. The van der Waals surface area contributed by atoms with Crippen molar-refractivity contribution in [2.24, 2.45) is 0 Å². The van der Waals surface area contributed by atoms with Crippen molar-refractivity contribution in [3.8, 4) is 0 Å². The van der Waals surface area contributed by atoms with E-state index in [4.69, 9.17) is 4.98 Å². The van der Waals surface area contributed by atoms with Gasteiger partial charge < -0.3 is 9.80 Å². The summed E-state index contributed by atoms with van der Waals surface area (Å²) in [5.41, 5.74) is 2.46. The first-order valence-electron chi connectivity index (χ1n) is 7.98. The van der Waals surface area contributed by atoms with Gasteiger partial charge in [-0.05, 0) is 19.9 Å². The Morgan fingerprint density at radius 2 is 2.29 bits per heavy atom. The molecule has 3 heterocycles. The summed E-state index contributed by atoms with van der Waals surface area (Å²) in [6, 6.07) is 0. The van der Waals surface area contributed by atoms with Gasteiger partial charge in [0.15, 0.2) is 0 Å². The van der Waals surface area contributed by atoms with E-state index in [0.717, 1.165) is 51.3 Å². The molecule has 0 spiro atoms. The Hall–Kier alpha value is -1.49. The van der Waals surface area contributed by atoms with Crippen LogP contribution in [-0.2, 0) is 17.8 Å². The number of hydrogen-bond donors (Lipinski definition) is 0. The van der Waals surface area contributed by atoms with Crippen molar-refractivity contribution in [3.63, 3.8) is 0 Å². The number of likely N-dealkylation sites (N-methyl/N-ethyl adjacent to an activating group) is 1. The van der Waals surface area contributed by atoms with Gasteiger partial charge in [-0.15, -0.1) is 0 Å². The van der Waals surface area contributed by atoms with Crippen LogP contribution in [0.3, 0.4) is 0 Å². The minimum absolute atomic E-state index is 0.249. The molecule has 0 bridgehead atoms. The normalized spacial score (nSPS) is 23.0. The van der Waals surface area contributed by atoms with Crippen LogP contribution in [0.1, 0.15) is 49.2 Å². The van der Waals surface area contributed by atoms with E-state index in [9.17, 15) is 4.79 Å². The fraction of sp³-hybridized carbons (Fsp3) is 0.688. The molecule has 2 aliphatic heterocycles. The van der Waals surface area contributed by atoms with Crippen LogP contribution in [0.15, 0.2) is 6.20 Å². The van der Waals surface area contributed by atoms with Crippen molar-refractivity contribution in [3.05, 3.63) is 23.3 Å². The van der Waals surface area contributed by atoms with E-state index in [1.54, 1.807) is 0 Å². The van der Waals surface area contributed by atoms with Crippen LogP contribution in [0, 0.1) is 0 Å². The van der Waals surface area contributed by atoms with Crippen molar-refractivity contribution in [2.45, 2.75) is 45.1 Å². The number of aromatic nitrogens is 2. The molecule has 114 valence electrons. The highest BCUT2D eigenvalue weighted by atomic mass is 16.2. The summed E-state index contributed by atoms with van der Waals surface area (Å²) in [4.78, 5) is 25.6. The Bertz CT molecular complexity index is 531. The number of nitrogens with zero attached hydrogens (tertiary/aromatic N) is 4. The third-order valence-corrected chi connectivity index (χ3v) is 4.59. The highest BCUT2D eigenvalue weighted by Crippen LogP contribution is 2.26. The number of hydrogen-bond acceptors (Lipinski definition) is 4. The maximum Gasteiger partial charge on any atom is 0.222 e. The molecule has 1 saturated heterocycles. The molecule has 0 aromatic carbocycles. The lowest BCUT2D eigenvalue weighted by Crippen LogP contribution is -2.39. The van der Waals surface area contributed by atoms with Crippen LogP contribution < -0.4 is 0 Å². The van der Waals surface area contributed by atoms with Gasteiger partial charge in [0, 0.05) is 62.4 Å². The van der Waals surface area contributed by atoms with Crippen LogP contribution in [0.5, 0.6) is 0 Å². The summed E-state index contributed by atoms with van der Waals surface area (Å²) < 4.78 is 0. The molecule has 1 unspecified atom stereocenters. The zero-order valence-electron chi connectivity index (χ0n) is 13.0. The van der Waals surface area contributed by atoms with E-state index in [0.29, 0.717) is 12.3 Å². The van der Waals surface area contributed by atoms with Gasteiger partial charge in [0.25, 0.3) is 0 Å². The Balaban J connectivity index is 1.76. The number of carbonyl (C=O) groups excluding carboxylic acids is 1. The predicted molar refractivity (Wildman–Crippen MR) is 80.9 cm³/mol. The number of carbonyl (C=O) groups is 1. The largest absolute Gasteiger partial charge is 0.342 e. The van der Waals surface area contributed by atoms with E-state index < -0.39 is 0 Å². The molecule has 1 amide bonds. The topological polar surface area (TPSA) is 49.3 Å². The highest BCUT2D eigenvalue weighted by molar-refractivity contribution is 5.75. The van der Waals surface area contributed by atoms with Crippen molar-refractivity contribution in [1.82, 2.24) is 19.8 Å². The summed E-state index contributed by atoms with van der Waals surface area (Å²) in [6.45, 7) is 5.61. The Morgan fingerprint density at radius 3 is 3.10 bits per heavy atom. The summed E-state index contributed by atoms with van der Waals surface area (Å²) in [7, 11) is 2.13. The second-order valence-electron chi connectivity index (χ2n) is 6.22. The van der Waals surface area contributed by atoms with Gasteiger partial charge >= 0.3 is 0 Å². The van der Waals surface area contributed by atoms with E-state index in [1.165, 1.54) is 11.3 Å². The van der Waals surface area contributed by atoms with Gasteiger partial charge in [-0.2, -0.15) is 0 Å². The predicted octanol–water partition coefficient (Wildman–Crippen LogP) is 1.58. The Kier molecular flexibility index (Phi) is 4.19. The minimum Gasteiger partial charge on any atom is -0.342 e. The quantitative estimate of drug-likeness (QED) is 0.829. The van der Waals surface area contributed by atoms with Gasteiger partial charge in [0.2, 0.25) is 5.91 Å². The summed E-state index contributed by atoms with van der Waals surface area (Å²) >= 11 is 0. The SMILES string of the molecule is CCC(=O)N1CCCC(c2ncc3c(n2)CCN(C)C3)C1. The zero-order chi connectivity index (χ0) is 14.8. The lowest BCUT2D eigenvalue weighted by atomic mass is 9.96. The maximum atomic E-state index is 11.9. The lowest BCUT2D eigenvalue weighted by molar-refractivity contribution is -0.132. The average molecular weight is 288 g/mol. The van der Waals surface area contributed by atoms with E-state index in [-0.39, 0.29) is 5.91 Å². The standard InChI is InChI=1S/C16H24N4O/c1-3-15(21)20-7-4-5-12(11-20)16-17-9-13-10-19(2)8-6-14(13)18-16/h9,12H,3-8,10-11H2,1-2H3. The van der Waals surface area contributed by atoms with Crippen LogP contribution in [-0.4, -0.2) is 52.4 Å². The van der Waals surface area contributed by atoms with Gasteiger partial charge in [-0.3, -0.25) is 4.79 Å². The van der Waals surface area contributed by atoms with Crippen molar-refractivity contribution >= 4 is 5.91 Å². The molecule has 5 nitrogen and oxygen atoms in total. The fourth-order valence-corrected chi connectivity index (χ4v) is 3.31. The van der Waals surface area contributed by atoms with Crippen molar-refractivity contribution in [1.29, 1.82) is 0 Å². The Morgan fingerprint density at radius 1 is 1.43 bits per heavy atom.